The number of rotatable bonds is 8. The van der Waals surface area contributed by atoms with Crippen molar-refractivity contribution in [3.05, 3.63) is 119 Å². The minimum absolute atomic E-state index is 0.0774. The highest BCUT2D eigenvalue weighted by atomic mass is 16.6. The first kappa shape index (κ1) is 21.8. The van der Waals surface area contributed by atoms with Gasteiger partial charge in [0.15, 0.2) is 6.10 Å². The summed E-state index contributed by atoms with van der Waals surface area (Å²) >= 11 is 0. The molecule has 1 atom stereocenters. The minimum Gasteiger partial charge on any atom is -0.458 e. The van der Waals surface area contributed by atoms with Crippen molar-refractivity contribution in [3.63, 3.8) is 0 Å². The van der Waals surface area contributed by atoms with Crippen LogP contribution in [0, 0.1) is 6.92 Å². The highest BCUT2D eigenvalue weighted by Crippen LogP contribution is 2.20. The predicted octanol–water partition coefficient (Wildman–Crippen LogP) is 5.55. The molecule has 0 N–H and O–H groups in total. The molecule has 0 heterocycles. The maximum Gasteiger partial charge on any atom is 0.331 e. The van der Waals surface area contributed by atoms with Crippen molar-refractivity contribution < 1.29 is 19.1 Å². The summed E-state index contributed by atoms with van der Waals surface area (Å²) in [5.74, 6) is -1.01. The third kappa shape index (κ3) is 7.44. The van der Waals surface area contributed by atoms with Crippen LogP contribution in [-0.4, -0.2) is 18.5 Å². The SMILES string of the molecule is Cc1ccc([C@H](COC(=O)/C=C/c2ccccc2)OC(=O)/C=C/c2ccccc2)cc1. The molecule has 0 aromatic heterocycles. The van der Waals surface area contributed by atoms with Crippen LogP contribution < -0.4 is 0 Å². The summed E-state index contributed by atoms with van der Waals surface area (Å²) in [6.45, 7) is 1.90. The fraction of sp³-hybridized carbons (Fsp3) is 0.111. The minimum atomic E-state index is -0.706. The maximum absolute atomic E-state index is 12.4. The number of carbonyl (C=O) groups excluding carboxylic acids is 2. The van der Waals surface area contributed by atoms with E-state index in [1.165, 1.54) is 12.2 Å². The number of esters is 2. The van der Waals surface area contributed by atoms with Gasteiger partial charge >= 0.3 is 11.9 Å². The van der Waals surface area contributed by atoms with Gasteiger partial charge < -0.3 is 9.47 Å². The Hall–Kier alpha value is -3.92. The first-order valence-corrected chi connectivity index (χ1v) is 10.0. The second kappa shape index (κ2) is 11.3. The topological polar surface area (TPSA) is 52.6 Å². The average Bonchev–Trinajstić information content (AvgIpc) is 2.81. The zero-order chi connectivity index (χ0) is 21.9. The van der Waals surface area contributed by atoms with Crippen molar-refractivity contribution in [2.24, 2.45) is 0 Å². The smallest absolute Gasteiger partial charge is 0.331 e. The van der Waals surface area contributed by atoms with E-state index >= 15 is 0 Å². The Morgan fingerprint density at radius 2 is 1.26 bits per heavy atom. The quantitative estimate of drug-likeness (QED) is 0.360. The van der Waals surface area contributed by atoms with Gasteiger partial charge in [0.05, 0.1) is 0 Å². The number of aryl methyl sites for hydroxylation is 1. The van der Waals surface area contributed by atoms with Crippen molar-refractivity contribution in [2.45, 2.75) is 13.0 Å². The first-order chi connectivity index (χ1) is 15.1. The lowest BCUT2D eigenvalue weighted by Crippen LogP contribution is -2.17. The fourth-order valence-electron chi connectivity index (χ4n) is 2.82. The van der Waals surface area contributed by atoms with Crippen LogP contribution in [0.4, 0.5) is 0 Å². The van der Waals surface area contributed by atoms with Crippen LogP contribution in [0.25, 0.3) is 12.2 Å². The Morgan fingerprint density at radius 1 is 0.742 bits per heavy atom. The molecule has 0 spiro atoms. The van der Waals surface area contributed by atoms with Crippen molar-refractivity contribution in [1.82, 2.24) is 0 Å². The van der Waals surface area contributed by atoms with Crippen LogP contribution in [-0.2, 0) is 19.1 Å². The molecule has 0 bridgehead atoms. The molecule has 3 aromatic rings. The average molecular weight is 412 g/mol. The second-order valence-electron chi connectivity index (χ2n) is 6.95. The van der Waals surface area contributed by atoms with Crippen LogP contribution >= 0.6 is 0 Å². The van der Waals surface area contributed by atoms with Crippen LogP contribution in [0.5, 0.6) is 0 Å². The van der Waals surface area contributed by atoms with Gasteiger partial charge in [0.2, 0.25) is 0 Å². The van der Waals surface area contributed by atoms with Crippen LogP contribution in [0.3, 0.4) is 0 Å². The van der Waals surface area contributed by atoms with E-state index in [2.05, 4.69) is 0 Å². The Bertz CT molecular complexity index is 1040. The van der Waals surface area contributed by atoms with Crippen LogP contribution in [0.15, 0.2) is 97.1 Å². The van der Waals surface area contributed by atoms with E-state index in [4.69, 9.17) is 9.47 Å². The molecule has 4 nitrogen and oxygen atoms in total. The molecule has 0 amide bonds. The summed E-state index contributed by atoms with van der Waals surface area (Å²) in [4.78, 5) is 24.5. The Balaban J connectivity index is 1.64. The molecule has 3 aromatic carbocycles. The lowest BCUT2D eigenvalue weighted by Gasteiger charge is -2.17. The van der Waals surface area contributed by atoms with Gasteiger partial charge in [-0.05, 0) is 35.8 Å². The standard InChI is InChI=1S/C27H24O4/c1-21-12-16-24(17-13-21)25(31-27(29)19-15-23-10-6-3-7-11-23)20-30-26(28)18-14-22-8-4-2-5-9-22/h2-19,25H,20H2,1H3/b18-14+,19-15+/t25-/m0/s1. The molecule has 0 unspecified atom stereocenters. The van der Waals surface area contributed by atoms with Gasteiger partial charge in [0, 0.05) is 12.2 Å². The number of hydrogen-bond acceptors (Lipinski definition) is 4. The number of ether oxygens (including phenoxy) is 2. The fourth-order valence-corrected chi connectivity index (χ4v) is 2.82. The zero-order valence-corrected chi connectivity index (χ0v) is 17.3. The second-order valence-corrected chi connectivity index (χ2v) is 6.95. The first-order valence-electron chi connectivity index (χ1n) is 10.0. The lowest BCUT2D eigenvalue weighted by atomic mass is 10.1. The van der Waals surface area contributed by atoms with E-state index in [9.17, 15) is 9.59 Å². The summed E-state index contributed by atoms with van der Waals surface area (Å²) in [7, 11) is 0. The Morgan fingerprint density at radius 3 is 1.81 bits per heavy atom. The highest BCUT2D eigenvalue weighted by molar-refractivity contribution is 5.88. The molecule has 0 aliphatic carbocycles. The summed E-state index contributed by atoms with van der Waals surface area (Å²) in [6.07, 6.45) is 5.38. The van der Waals surface area contributed by atoms with Crippen molar-refractivity contribution in [3.8, 4) is 0 Å². The number of hydrogen-bond donors (Lipinski definition) is 0. The predicted molar refractivity (Wildman–Crippen MR) is 122 cm³/mol. The molecule has 3 rings (SSSR count). The summed E-state index contributed by atoms with van der Waals surface area (Å²) in [5.41, 5.74) is 3.63. The largest absolute Gasteiger partial charge is 0.458 e. The third-order valence-corrected chi connectivity index (χ3v) is 4.51. The van der Waals surface area contributed by atoms with Gasteiger partial charge in [-0.15, -0.1) is 0 Å². The Kier molecular flexibility index (Phi) is 7.95. The Labute approximate surface area is 182 Å². The number of benzene rings is 3. The van der Waals surface area contributed by atoms with Gasteiger partial charge in [-0.3, -0.25) is 0 Å². The zero-order valence-electron chi connectivity index (χ0n) is 17.3. The lowest BCUT2D eigenvalue weighted by molar-refractivity contribution is -0.153. The number of carbonyl (C=O) groups is 2. The third-order valence-electron chi connectivity index (χ3n) is 4.51. The molecule has 0 radical (unpaired) electrons. The normalized spacial score (nSPS) is 12.0. The van der Waals surface area contributed by atoms with Gasteiger partial charge in [-0.25, -0.2) is 9.59 Å². The van der Waals surface area contributed by atoms with E-state index in [1.807, 2.05) is 91.9 Å². The molecule has 31 heavy (non-hydrogen) atoms. The summed E-state index contributed by atoms with van der Waals surface area (Å²) < 4.78 is 10.9. The molecule has 156 valence electrons. The van der Waals surface area contributed by atoms with Crippen molar-refractivity contribution in [1.29, 1.82) is 0 Å². The van der Waals surface area contributed by atoms with Crippen LogP contribution in [0.1, 0.15) is 28.4 Å². The van der Waals surface area contributed by atoms with Crippen LogP contribution in [0.2, 0.25) is 0 Å². The van der Waals surface area contributed by atoms with Gasteiger partial charge in [-0.2, -0.15) is 0 Å². The molecular weight excluding hydrogens is 388 g/mol. The summed E-state index contributed by atoms with van der Waals surface area (Å²) in [5, 5.41) is 0. The van der Waals surface area contributed by atoms with E-state index in [0.717, 1.165) is 22.3 Å². The van der Waals surface area contributed by atoms with E-state index in [1.54, 1.807) is 12.2 Å². The molecule has 0 aliphatic heterocycles. The van der Waals surface area contributed by atoms with Crippen molar-refractivity contribution >= 4 is 24.1 Å². The molecule has 0 aliphatic rings. The molecule has 0 fully saturated rings. The van der Waals surface area contributed by atoms with E-state index < -0.39 is 18.0 Å². The van der Waals surface area contributed by atoms with E-state index in [-0.39, 0.29) is 6.61 Å². The van der Waals surface area contributed by atoms with Crippen molar-refractivity contribution in [2.75, 3.05) is 6.61 Å². The van der Waals surface area contributed by atoms with Gasteiger partial charge in [0.25, 0.3) is 0 Å². The van der Waals surface area contributed by atoms with Gasteiger partial charge in [-0.1, -0.05) is 90.5 Å². The van der Waals surface area contributed by atoms with E-state index in [0.29, 0.717) is 0 Å². The molecular formula is C27H24O4. The molecule has 0 saturated carbocycles. The highest BCUT2D eigenvalue weighted by Gasteiger charge is 2.17. The molecule has 4 heteroatoms. The summed E-state index contributed by atoms with van der Waals surface area (Å²) in [6, 6.07) is 26.5. The monoisotopic (exact) mass is 412 g/mol. The maximum atomic E-state index is 12.4. The molecule has 0 saturated heterocycles. The van der Waals surface area contributed by atoms with Gasteiger partial charge in [0.1, 0.15) is 6.61 Å².